The maximum absolute atomic E-state index is 14.0. The number of nitrogens with zero attached hydrogens (tertiary/aromatic N) is 1. The molecule has 2 N–H and O–H groups in total. The normalized spacial score (nSPS) is 17.6. The third kappa shape index (κ3) is 5.68. The van der Waals surface area contributed by atoms with E-state index in [1.165, 1.54) is 6.07 Å². The monoisotopic (exact) mass is 529 g/mol. The molecule has 2 unspecified atom stereocenters. The lowest BCUT2D eigenvalue weighted by molar-refractivity contribution is 0.324. The van der Waals surface area contributed by atoms with Crippen LogP contribution >= 0.6 is 24.0 Å². The molecule has 0 aliphatic heterocycles. The lowest BCUT2D eigenvalue weighted by atomic mass is 10.1. The van der Waals surface area contributed by atoms with Gasteiger partial charge in [0.1, 0.15) is 5.82 Å². The standard InChI is InChI=1S/C22H28FN3O3.HI/c1-5-24-22(26-18-12-16(18)15-8-6-7-9-17(15)23)25-13-14-10-19(27-2)21(29-4)20(11-14)28-3;/h6-11,16,18H,5,12-13H2,1-4H3,(H2,24,25,26);1H. The molecule has 0 bridgehead atoms. The molecule has 3 rings (SSSR count). The number of ether oxygens (including phenoxy) is 3. The van der Waals surface area contributed by atoms with E-state index in [1.807, 2.05) is 31.2 Å². The van der Waals surface area contributed by atoms with Gasteiger partial charge >= 0.3 is 0 Å². The zero-order valence-electron chi connectivity index (χ0n) is 17.7. The minimum absolute atomic E-state index is 0. The number of methoxy groups -OCH3 is 3. The predicted molar refractivity (Wildman–Crippen MR) is 127 cm³/mol. The zero-order chi connectivity index (χ0) is 20.8. The van der Waals surface area contributed by atoms with Crippen LogP contribution in [0.15, 0.2) is 41.4 Å². The van der Waals surface area contributed by atoms with E-state index >= 15 is 0 Å². The Balaban J connectivity index is 0.00000320. The summed E-state index contributed by atoms with van der Waals surface area (Å²) in [4.78, 5) is 4.67. The van der Waals surface area contributed by atoms with Gasteiger partial charge in [-0.1, -0.05) is 18.2 Å². The van der Waals surface area contributed by atoms with Gasteiger partial charge in [0.25, 0.3) is 0 Å². The highest BCUT2D eigenvalue weighted by Crippen LogP contribution is 2.42. The van der Waals surface area contributed by atoms with E-state index in [2.05, 4.69) is 15.6 Å². The molecule has 2 aromatic rings. The van der Waals surface area contributed by atoms with E-state index in [1.54, 1.807) is 27.4 Å². The fraction of sp³-hybridized carbons (Fsp3) is 0.409. The van der Waals surface area contributed by atoms with Crippen molar-refractivity contribution in [3.8, 4) is 17.2 Å². The molecule has 0 heterocycles. The van der Waals surface area contributed by atoms with Crippen molar-refractivity contribution in [1.82, 2.24) is 10.6 Å². The molecular formula is C22H29FIN3O3. The summed E-state index contributed by atoms with van der Waals surface area (Å²) in [5.74, 6) is 2.46. The maximum atomic E-state index is 14.0. The smallest absolute Gasteiger partial charge is 0.203 e. The number of hydrogen-bond donors (Lipinski definition) is 2. The Kier molecular flexibility index (Phi) is 9.01. The van der Waals surface area contributed by atoms with Crippen LogP contribution in [0.25, 0.3) is 0 Å². The van der Waals surface area contributed by atoms with Gasteiger partial charge in [-0.2, -0.15) is 0 Å². The zero-order valence-corrected chi connectivity index (χ0v) is 20.0. The molecule has 0 saturated heterocycles. The number of rotatable bonds is 8. The molecule has 164 valence electrons. The summed E-state index contributed by atoms with van der Waals surface area (Å²) < 4.78 is 30.2. The fourth-order valence-corrected chi connectivity index (χ4v) is 3.37. The summed E-state index contributed by atoms with van der Waals surface area (Å²) in [6.45, 7) is 3.18. The molecule has 1 saturated carbocycles. The van der Waals surface area contributed by atoms with Crippen molar-refractivity contribution in [3.05, 3.63) is 53.3 Å². The molecule has 30 heavy (non-hydrogen) atoms. The summed E-state index contributed by atoms with van der Waals surface area (Å²) in [6, 6.07) is 10.9. The van der Waals surface area contributed by atoms with Crippen molar-refractivity contribution in [2.75, 3.05) is 27.9 Å². The summed E-state index contributed by atoms with van der Waals surface area (Å²) in [5.41, 5.74) is 1.68. The summed E-state index contributed by atoms with van der Waals surface area (Å²) in [7, 11) is 4.75. The van der Waals surface area contributed by atoms with Gasteiger partial charge in [-0.25, -0.2) is 9.38 Å². The molecule has 1 fully saturated rings. The van der Waals surface area contributed by atoms with Crippen LogP contribution in [0.1, 0.15) is 30.4 Å². The van der Waals surface area contributed by atoms with Crippen molar-refractivity contribution < 1.29 is 18.6 Å². The minimum Gasteiger partial charge on any atom is -0.493 e. The molecular weight excluding hydrogens is 500 g/mol. The molecule has 0 radical (unpaired) electrons. The highest BCUT2D eigenvalue weighted by Gasteiger charge is 2.40. The highest BCUT2D eigenvalue weighted by molar-refractivity contribution is 14.0. The number of guanidine groups is 1. The van der Waals surface area contributed by atoms with E-state index in [9.17, 15) is 4.39 Å². The van der Waals surface area contributed by atoms with Gasteiger partial charge in [-0.05, 0) is 42.7 Å². The van der Waals surface area contributed by atoms with Gasteiger partial charge in [-0.15, -0.1) is 24.0 Å². The topological polar surface area (TPSA) is 64.1 Å². The SMILES string of the molecule is CCNC(=NCc1cc(OC)c(OC)c(OC)c1)NC1CC1c1ccccc1F.I. The lowest BCUT2D eigenvalue weighted by Crippen LogP contribution is -2.39. The van der Waals surface area contributed by atoms with Gasteiger partial charge in [0.15, 0.2) is 17.5 Å². The largest absolute Gasteiger partial charge is 0.493 e. The molecule has 2 aromatic carbocycles. The van der Waals surface area contributed by atoms with Gasteiger partial charge in [0, 0.05) is 18.5 Å². The van der Waals surface area contributed by atoms with Crippen molar-refractivity contribution >= 4 is 29.9 Å². The number of halogens is 2. The minimum atomic E-state index is -0.152. The Hall–Kier alpha value is -2.23. The average Bonchev–Trinajstić information content (AvgIpc) is 3.50. The Bertz CT molecular complexity index is 853. The predicted octanol–water partition coefficient (Wildman–Crippen LogP) is 4.08. The Morgan fingerprint density at radius 2 is 1.77 bits per heavy atom. The molecule has 0 amide bonds. The van der Waals surface area contributed by atoms with E-state index in [-0.39, 0.29) is 41.8 Å². The van der Waals surface area contributed by atoms with Crippen LogP contribution in [0.5, 0.6) is 17.2 Å². The maximum Gasteiger partial charge on any atom is 0.203 e. The molecule has 0 spiro atoms. The Morgan fingerprint density at radius 1 is 1.10 bits per heavy atom. The average molecular weight is 529 g/mol. The molecule has 8 heteroatoms. The van der Waals surface area contributed by atoms with E-state index in [0.717, 1.165) is 24.1 Å². The van der Waals surface area contributed by atoms with Gasteiger partial charge in [0.05, 0.1) is 27.9 Å². The number of hydrogen-bond acceptors (Lipinski definition) is 4. The quantitative estimate of drug-likeness (QED) is 0.307. The van der Waals surface area contributed by atoms with E-state index in [4.69, 9.17) is 14.2 Å². The molecule has 2 atom stereocenters. The second kappa shape index (κ2) is 11.2. The van der Waals surface area contributed by atoms with Gasteiger partial charge < -0.3 is 24.8 Å². The van der Waals surface area contributed by atoms with Crippen molar-refractivity contribution in [2.45, 2.75) is 31.8 Å². The van der Waals surface area contributed by atoms with Crippen molar-refractivity contribution in [1.29, 1.82) is 0 Å². The first kappa shape index (κ1) is 24.0. The van der Waals surface area contributed by atoms with Crippen molar-refractivity contribution in [3.63, 3.8) is 0 Å². The third-order valence-electron chi connectivity index (χ3n) is 4.91. The molecule has 0 aromatic heterocycles. The van der Waals surface area contributed by atoms with Crippen LogP contribution in [0.3, 0.4) is 0 Å². The molecule has 1 aliphatic carbocycles. The van der Waals surface area contributed by atoms with Crippen molar-refractivity contribution in [2.24, 2.45) is 4.99 Å². The second-order valence-electron chi connectivity index (χ2n) is 6.84. The third-order valence-corrected chi connectivity index (χ3v) is 4.91. The van der Waals surface area contributed by atoms with E-state index in [0.29, 0.717) is 29.8 Å². The summed E-state index contributed by atoms with van der Waals surface area (Å²) in [5, 5.41) is 6.65. The lowest BCUT2D eigenvalue weighted by Gasteiger charge is -2.14. The summed E-state index contributed by atoms with van der Waals surface area (Å²) in [6.07, 6.45) is 0.884. The van der Waals surface area contributed by atoms with Gasteiger partial charge in [0.2, 0.25) is 5.75 Å². The fourth-order valence-electron chi connectivity index (χ4n) is 3.37. The summed E-state index contributed by atoms with van der Waals surface area (Å²) >= 11 is 0. The molecule has 1 aliphatic rings. The number of aliphatic imine (C=N–C) groups is 1. The van der Waals surface area contributed by atoms with Crippen LogP contribution in [-0.2, 0) is 6.54 Å². The second-order valence-corrected chi connectivity index (χ2v) is 6.84. The number of nitrogens with one attached hydrogen (secondary N) is 2. The Morgan fingerprint density at radius 3 is 2.33 bits per heavy atom. The first-order valence-corrected chi connectivity index (χ1v) is 9.69. The Labute approximate surface area is 194 Å². The van der Waals surface area contributed by atoms with Crippen LogP contribution in [-0.4, -0.2) is 39.9 Å². The number of benzene rings is 2. The van der Waals surface area contributed by atoms with Crippen LogP contribution in [0.4, 0.5) is 4.39 Å². The van der Waals surface area contributed by atoms with Crippen LogP contribution in [0, 0.1) is 5.82 Å². The van der Waals surface area contributed by atoms with Crippen LogP contribution < -0.4 is 24.8 Å². The molecule has 6 nitrogen and oxygen atoms in total. The highest BCUT2D eigenvalue weighted by atomic mass is 127. The van der Waals surface area contributed by atoms with Crippen LogP contribution in [0.2, 0.25) is 0 Å². The van der Waals surface area contributed by atoms with Gasteiger partial charge in [-0.3, -0.25) is 0 Å². The first-order valence-electron chi connectivity index (χ1n) is 9.69. The van der Waals surface area contributed by atoms with E-state index < -0.39 is 0 Å². The first-order chi connectivity index (χ1) is 14.1.